The molecule has 0 saturated carbocycles. The number of carbonyl (C=O) groups is 2. The number of nitrogens with one attached hydrogen (secondary N) is 3. The van der Waals surface area contributed by atoms with Crippen LogP contribution in [0.25, 0.3) is 0 Å². The van der Waals surface area contributed by atoms with Crippen LogP contribution in [-0.2, 0) is 4.79 Å². The fraction of sp³-hybridized carbons (Fsp3) is 0.0455. The molecule has 3 aromatic rings. The highest BCUT2D eigenvalue weighted by atomic mass is 35.5. The zero-order valence-electron chi connectivity index (χ0n) is 15.6. The summed E-state index contributed by atoms with van der Waals surface area (Å²) in [4.78, 5) is 25.2. The van der Waals surface area contributed by atoms with E-state index in [1.807, 2.05) is 60.7 Å². The Morgan fingerprint density at radius 2 is 1.37 bits per heavy atom. The number of amides is 2. The Hall–Kier alpha value is -2.93. The van der Waals surface area contributed by atoms with Crippen LogP contribution < -0.4 is 16.2 Å². The molecule has 0 heterocycles. The molecule has 0 radical (unpaired) electrons. The van der Waals surface area contributed by atoms with Crippen molar-refractivity contribution in [3.8, 4) is 0 Å². The van der Waals surface area contributed by atoms with Gasteiger partial charge in [0.05, 0.1) is 16.5 Å². The molecule has 0 bridgehead atoms. The zero-order chi connectivity index (χ0) is 21.5. The number of carbonyl (C=O) groups excluding carboxylic acids is 2. The van der Waals surface area contributed by atoms with Crippen LogP contribution in [0, 0.1) is 0 Å². The third-order valence-electron chi connectivity index (χ3n) is 4.23. The van der Waals surface area contributed by atoms with Gasteiger partial charge in [0.25, 0.3) is 5.91 Å². The topological polar surface area (TPSA) is 70.2 Å². The molecule has 152 valence electrons. The van der Waals surface area contributed by atoms with E-state index in [0.29, 0.717) is 5.02 Å². The van der Waals surface area contributed by atoms with Gasteiger partial charge in [0.1, 0.15) is 0 Å². The maximum Gasteiger partial charge on any atom is 0.271 e. The lowest BCUT2D eigenvalue weighted by Gasteiger charge is -2.19. The van der Waals surface area contributed by atoms with Crippen molar-refractivity contribution in [1.29, 1.82) is 0 Å². The summed E-state index contributed by atoms with van der Waals surface area (Å²) in [5, 5.41) is 3.19. The Kier molecular flexibility index (Phi) is 7.41. The maximum absolute atomic E-state index is 13.0. The lowest BCUT2D eigenvalue weighted by Crippen LogP contribution is -2.49. The first-order valence-electron chi connectivity index (χ1n) is 8.92. The van der Waals surface area contributed by atoms with E-state index >= 15 is 0 Å². The molecule has 0 aliphatic carbocycles. The van der Waals surface area contributed by atoms with Gasteiger partial charge >= 0.3 is 0 Å². The Morgan fingerprint density at radius 1 is 0.800 bits per heavy atom. The molecule has 0 fully saturated rings. The van der Waals surface area contributed by atoms with Gasteiger partial charge in [-0.05, 0) is 41.5 Å². The minimum atomic E-state index is -0.562. The van der Waals surface area contributed by atoms with E-state index in [1.54, 1.807) is 6.07 Å². The number of benzene rings is 3. The van der Waals surface area contributed by atoms with E-state index in [1.165, 1.54) is 12.1 Å². The molecule has 0 saturated heterocycles. The van der Waals surface area contributed by atoms with Crippen molar-refractivity contribution in [3.63, 3.8) is 0 Å². The van der Waals surface area contributed by atoms with E-state index in [4.69, 9.17) is 35.4 Å². The zero-order valence-corrected chi connectivity index (χ0v) is 17.9. The van der Waals surface area contributed by atoms with Crippen molar-refractivity contribution in [2.75, 3.05) is 0 Å². The van der Waals surface area contributed by atoms with Crippen LogP contribution in [0.4, 0.5) is 0 Å². The summed E-state index contributed by atoms with van der Waals surface area (Å²) in [5.74, 6) is -1.41. The van der Waals surface area contributed by atoms with Gasteiger partial charge in [-0.25, -0.2) is 0 Å². The molecule has 0 aliphatic rings. The first kappa shape index (κ1) is 21.8. The summed E-state index contributed by atoms with van der Waals surface area (Å²) in [6.07, 6.45) is 0. The normalized spacial score (nSPS) is 10.4. The number of hydrogen-bond acceptors (Lipinski definition) is 3. The highest BCUT2D eigenvalue weighted by Gasteiger charge is 2.23. The summed E-state index contributed by atoms with van der Waals surface area (Å²) < 4.78 is 0. The predicted octanol–water partition coefficient (Wildman–Crippen LogP) is 4.46. The standard InChI is InChI=1S/C22H17Cl2N3O2S/c23-16-11-12-17(18(24)13-16)20(28)26-27-22(30)25-21(29)19(14-7-3-1-4-8-14)15-9-5-2-6-10-15/h1-13,19H,(H,26,28)(H2,25,27,29,30). The van der Waals surface area contributed by atoms with Crippen LogP contribution in [0.15, 0.2) is 78.9 Å². The average molecular weight is 458 g/mol. The van der Waals surface area contributed by atoms with Crippen LogP contribution in [-0.4, -0.2) is 16.9 Å². The molecule has 0 unspecified atom stereocenters. The van der Waals surface area contributed by atoms with Crippen molar-refractivity contribution in [3.05, 3.63) is 106 Å². The molecule has 2 amide bonds. The minimum Gasteiger partial charge on any atom is -0.301 e. The fourth-order valence-corrected chi connectivity index (χ4v) is 3.50. The Labute approximate surface area is 189 Å². The molecule has 0 spiro atoms. The molecule has 3 N–H and O–H groups in total. The molecule has 0 atom stereocenters. The van der Waals surface area contributed by atoms with Gasteiger partial charge in [-0.15, -0.1) is 0 Å². The lowest BCUT2D eigenvalue weighted by atomic mass is 9.90. The number of rotatable bonds is 4. The smallest absolute Gasteiger partial charge is 0.271 e. The van der Waals surface area contributed by atoms with Crippen molar-refractivity contribution < 1.29 is 9.59 Å². The first-order chi connectivity index (χ1) is 14.5. The van der Waals surface area contributed by atoms with Crippen molar-refractivity contribution in [1.82, 2.24) is 16.2 Å². The summed E-state index contributed by atoms with van der Waals surface area (Å²) >= 11 is 17.0. The van der Waals surface area contributed by atoms with Gasteiger partial charge in [0.2, 0.25) is 5.91 Å². The van der Waals surface area contributed by atoms with Crippen LogP contribution >= 0.6 is 35.4 Å². The van der Waals surface area contributed by atoms with Crippen LogP contribution in [0.1, 0.15) is 27.4 Å². The Bertz CT molecular complexity index is 1020. The van der Waals surface area contributed by atoms with Crippen LogP contribution in [0.2, 0.25) is 10.0 Å². The summed E-state index contributed by atoms with van der Waals surface area (Å²) in [6, 6.07) is 23.2. The molecule has 0 aliphatic heterocycles. The summed E-state index contributed by atoms with van der Waals surface area (Å²) in [5.41, 5.74) is 6.79. The monoisotopic (exact) mass is 457 g/mol. The second-order valence-corrected chi connectivity index (χ2v) is 7.53. The van der Waals surface area contributed by atoms with E-state index in [0.717, 1.165) is 11.1 Å². The summed E-state index contributed by atoms with van der Waals surface area (Å²) in [6.45, 7) is 0. The molecular formula is C22H17Cl2N3O2S. The minimum absolute atomic E-state index is 0.0460. The molecule has 8 heteroatoms. The number of hydrogen-bond donors (Lipinski definition) is 3. The fourth-order valence-electron chi connectivity index (χ4n) is 2.86. The van der Waals surface area contributed by atoms with Crippen molar-refractivity contribution in [2.45, 2.75) is 5.92 Å². The number of hydrazine groups is 1. The van der Waals surface area contributed by atoms with Crippen LogP contribution in [0.5, 0.6) is 0 Å². The molecule has 30 heavy (non-hydrogen) atoms. The van der Waals surface area contributed by atoms with Crippen molar-refractivity contribution in [2.24, 2.45) is 0 Å². The molecule has 0 aromatic heterocycles. The SMILES string of the molecule is O=C(NNC(=S)NC(=O)C(c1ccccc1)c1ccccc1)c1ccc(Cl)cc1Cl. The Morgan fingerprint density at radius 3 is 1.90 bits per heavy atom. The molecule has 3 aromatic carbocycles. The second kappa shape index (κ2) is 10.2. The van der Waals surface area contributed by atoms with Crippen LogP contribution in [0.3, 0.4) is 0 Å². The van der Waals surface area contributed by atoms with Gasteiger partial charge in [-0.2, -0.15) is 0 Å². The van der Waals surface area contributed by atoms with Gasteiger partial charge in [0, 0.05) is 5.02 Å². The Balaban J connectivity index is 1.67. The highest BCUT2D eigenvalue weighted by Crippen LogP contribution is 2.24. The maximum atomic E-state index is 13.0. The van der Waals surface area contributed by atoms with Gasteiger partial charge in [0.15, 0.2) is 5.11 Å². The summed E-state index contributed by atoms with van der Waals surface area (Å²) in [7, 11) is 0. The first-order valence-corrected chi connectivity index (χ1v) is 10.1. The molecule has 5 nitrogen and oxygen atoms in total. The quantitative estimate of drug-likeness (QED) is 0.399. The number of thiocarbonyl (C=S) groups is 1. The highest BCUT2D eigenvalue weighted by molar-refractivity contribution is 7.80. The van der Waals surface area contributed by atoms with E-state index in [2.05, 4.69) is 16.2 Å². The molecular weight excluding hydrogens is 441 g/mol. The van der Waals surface area contributed by atoms with Gasteiger partial charge in [-0.3, -0.25) is 20.4 Å². The van der Waals surface area contributed by atoms with E-state index < -0.39 is 11.8 Å². The average Bonchev–Trinajstić information content (AvgIpc) is 2.74. The lowest BCUT2D eigenvalue weighted by molar-refractivity contribution is -0.120. The van der Waals surface area contributed by atoms with Gasteiger partial charge in [-0.1, -0.05) is 83.9 Å². The van der Waals surface area contributed by atoms with E-state index in [-0.39, 0.29) is 21.6 Å². The third-order valence-corrected chi connectivity index (χ3v) is 4.98. The van der Waals surface area contributed by atoms with Gasteiger partial charge < -0.3 is 5.32 Å². The largest absolute Gasteiger partial charge is 0.301 e. The predicted molar refractivity (Wildman–Crippen MR) is 123 cm³/mol. The third kappa shape index (κ3) is 5.57. The second-order valence-electron chi connectivity index (χ2n) is 6.28. The number of halogens is 2. The van der Waals surface area contributed by atoms with Crippen molar-refractivity contribution >= 4 is 52.3 Å². The van der Waals surface area contributed by atoms with E-state index in [9.17, 15) is 9.59 Å². The molecule has 3 rings (SSSR count).